The van der Waals surface area contributed by atoms with E-state index in [1.54, 1.807) is 6.07 Å². The molecule has 0 saturated carbocycles. The van der Waals surface area contributed by atoms with Gasteiger partial charge in [-0.15, -0.1) is 0 Å². The van der Waals surface area contributed by atoms with Gasteiger partial charge in [0.05, 0.1) is 22.7 Å². The Morgan fingerprint density at radius 1 is 1.03 bits per heavy atom. The summed E-state index contributed by atoms with van der Waals surface area (Å²) in [6.45, 7) is -0.769. The van der Waals surface area contributed by atoms with Gasteiger partial charge in [-0.1, -0.05) is 11.6 Å². The van der Waals surface area contributed by atoms with E-state index in [4.69, 9.17) is 11.6 Å². The normalized spacial score (nSPS) is 11.9. The van der Waals surface area contributed by atoms with Crippen LogP contribution in [0.3, 0.4) is 0 Å². The lowest BCUT2D eigenvalue weighted by molar-refractivity contribution is -0.143. The summed E-state index contributed by atoms with van der Waals surface area (Å²) >= 11 is 9.15. The second-order valence-corrected chi connectivity index (χ2v) is 7.82. The third-order valence-electron chi connectivity index (χ3n) is 4.13. The maximum absolute atomic E-state index is 13.0. The molecule has 0 fully saturated rings. The number of benzene rings is 1. The molecule has 0 aliphatic heterocycles. The van der Waals surface area contributed by atoms with Gasteiger partial charge in [0, 0.05) is 18.0 Å². The first-order chi connectivity index (χ1) is 15.8. The van der Waals surface area contributed by atoms with Crippen LogP contribution in [-0.4, -0.2) is 33.1 Å². The van der Waals surface area contributed by atoms with Crippen LogP contribution in [-0.2, 0) is 17.1 Å². The van der Waals surface area contributed by atoms with Gasteiger partial charge in [-0.2, -0.15) is 31.4 Å². The van der Waals surface area contributed by atoms with Crippen molar-refractivity contribution in [2.24, 2.45) is 0 Å². The van der Waals surface area contributed by atoms with Gasteiger partial charge in [0.25, 0.3) is 5.91 Å². The molecule has 0 radical (unpaired) electrons. The Morgan fingerprint density at radius 3 is 2.21 bits per heavy atom. The van der Waals surface area contributed by atoms with E-state index in [0.717, 1.165) is 4.68 Å². The van der Waals surface area contributed by atoms with Gasteiger partial charge in [0.1, 0.15) is 10.3 Å². The monoisotopic (exact) mass is 569 g/mol. The van der Waals surface area contributed by atoms with Crippen LogP contribution in [0.5, 0.6) is 0 Å². The molecule has 0 unspecified atom stereocenters. The molecule has 0 aliphatic rings. The molecule has 180 valence electrons. The van der Waals surface area contributed by atoms with E-state index in [1.807, 2.05) is 5.32 Å². The molecule has 2 amide bonds. The number of hydrogen-bond acceptors (Lipinski definition) is 4. The second kappa shape index (κ2) is 9.62. The average Bonchev–Trinajstić information content (AvgIpc) is 3.12. The standard InChI is InChI=1S/C19H11BrClF6N5O2/c20-14-7-13(32(31-14)16-12(21)2-1-3-28-16)17(34)29-8-15(33)30-11-5-9(18(22,23)24)4-10(6-11)19(25,26)27/h1-7H,8H2,(H,29,34)(H,30,33). The van der Waals surface area contributed by atoms with E-state index in [1.165, 1.54) is 18.3 Å². The molecule has 2 heterocycles. The molecule has 0 saturated heterocycles. The summed E-state index contributed by atoms with van der Waals surface area (Å²) in [7, 11) is 0. The van der Waals surface area contributed by atoms with E-state index in [-0.39, 0.29) is 27.2 Å². The van der Waals surface area contributed by atoms with Gasteiger partial charge < -0.3 is 10.6 Å². The number of nitrogens with zero attached hydrogens (tertiary/aromatic N) is 3. The van der Waals surface area contributed by atoms with Crippen molar-refractivity contribution in [3.63, 3.8) is 0 Å². The van der Waals surface area contributed by atoms with Gasteiger partial charge in [-0.3, -0.25) is 9.59 Å². The number of hydrogen-bond donors (Lipinski definition) is 2. The number of alkyl halides is 6. The summed E-state index contributed by atoms with van der Waals surface area (Å²) < 4.78 is 79.1. The van der Waals surface area contributed by atoms with Gasteiger partial charge in [0.2, 0.25) is 5.91 Å². The summed E-state index contributed by atoms with van der Waals surface area (Å²) in [5.41, 5.74) is -4.03. The summed E-state index contributed by atoms with van der Waals surface area (Å²) in [5.74, 6) is -1.80. The first-order valence-electron chi connectivity index (χ1n) is 8.99. The fourth-order valence-corrected chi connectivity index (χ4v) is 3.27. The minimum absolute atomic E-state index is 0.0702. The van der Waals surface area contributed by atoms with Crippen molar-refractivity contribution in [3.05, 3.63) is 69.0 Å². The Kier molecular flexibility index (Phi) is 7.21. The molecule has 0 atom stereocenters. The summed E-state index contributed by atoms with van der Waals surface area (Å²) in [5, 5.41) is 8.32. The van der Waals surface area contributed by atoms with Crippen LogP contribution in [0.2, 0.25) is 5.02 Å². The molecule has 3 aromatic rings. The number of amides is 2. The molecule has 0 bridgehead atoms. The van der Waals surface area contributed by atoms with Crippen molar-refractivity contribution < 1.29 is 35.9 Å². The molecule has 34 heavy (non-hydrogen) atoms. The Balaban J connectivity index is 1.76. The Morgan fingerprint density at radius 2 is 1.65 bits per heavy atom. The van der Waals surface area contributed by atoms with E-state index in [9.17, 15) is 35.9 Å². The Bertz CT molecular complexity index is 1210. The lowest BCUT2D eigenvalue weighted by atomic mass is 10.1. The molecule has 2 N–H and O–H groups in total. The summed E-state index contributed by atoms with van der Waals surface area (Å²) in [4.78, 5) is 28.7. The largest absolute Gasteiger partial charge is 0.416 e. The van der Waals surface area contributed by atoms with E-state index >= 15 is 0 Å². The SMILES string of the molecule is O=C(CNC(=O)c1cc(Br)nn1-c1ncccc1Cl)Nc1cc(C(F)(F)F)cc(C(F)(F)F)c1. The third kappa shape index (κ3) is 6.05. The predicted octanol–water partition coefficient (Wildman–Crippen LogP) is 5.09. The summed E-state index contributed by atoms with van der Waals surface area (Å²) in [6, 6.07) is 4.97. The highest BCUT2D eigenvalue weighted by atomic mass is 79.9. The van der Waals surface area contributed by atoms with Crippen LogP contribution < -0.4 is 10.6 Å². The van der Waals surface area contributed by atoms with Crippen LogP contribution in [0.15, 0.2) is 47.2 Å². The van der Waals surface area contributed by atoms with Gasteiger partial charge in [-0.05, 0) is 46.3 Å². The highest BCUT2D eigenvalue weighted by molar-refractivity contribution is 9.10. The van der Waals surface area contributed by atoms with Crippen molar-refractivity contribution in [1.82, 2.24) is 20.1 Å². The molecule has 15 heteroatoms. The zero-order valence-corrected chi connectivity index (χ0v) is 18.8. The minimum Gasteiger partial charge on any atom is -0.342 e. The zero-order chi connectivity index (χ0) is 25.3. The summed E-state index contributed by atoms with van der Waals surface area (Å²) in [6.07, 6.45) is -8.75. The minimum atomic E-state index is -5.08. The number of pyridine rings is 1. The van der Waals surface area contributed by atoms with Gasteiger partial charge in [-0.25, -0.2) is 9.67 Å². The van der Waals surface area contributed by atoms with Crippen molar-refractivity contribution in [2.75, 3.05) is 11.9 Å². The van der Waals surface area contributed by atoms with Crippen LogP contribution in [0.1, 0.15) is 21.6 Å². The number of halogens is 8. The number of carbonyl (C=O) groups is 2. The number of aromatic nitrogens is 3. The Hall–Kier alpha value is -3.13. The number of carbonyl (C=O) groups excluding carboxylic acids is 2. The lowest BCUT2D eigenvalue weighted by Gasteiger charge is -2.15. The lowest BCUT2D eigenvalue weighted by Crippen LogP contribution is -2.34. The van der Waals surface area contributed by atoms with Crippen molar-refractivity contribution in [2.45, 2.75) is 12.4 Å². The quantitative estimate of drug-likeness (QED) is 0.419. The fourth-order valence-electron chi connectivity index (χ4n) is 2.69. The number of nitrogens with one attached hydrogen (secondary N) is 2. The highest BCUT2D eigenvalue weighted by Gasteiger charge is 2.37. The first kappa shape index (κ1) is 25.5. The maximum Gasteiger partial charge on any atom is 0.416 e. The second-order valence-electron chi connectivity index (χ2n) is 6.60. The average molecular weight is 571 g/mol. The predicted molar refractivity (Wildman–Crippen MR) is 111 cm³/mol. The number of rotatable bonds is 5. The van der Waals surface area contributed by atoms with Gasteiger partial charge >= 0.3 is 12.4 Å². The molecule has 1 aromatic carbocycles. The molecule has 0 aliphatic carbocycles. The smallest absolute Gasteiger partial charge is 0.342 e. The molecule has 7 nitrogen and oxygen atoms in total. The molecular formula is C19H11BrClF6N5O2. The molecule has 2 aromatic heterocycles. The van der Waals surface area contributed by atoms with E-state index < -0.39 is 47.5 Å². The maximum atomic E-state index is 13.0. The number of anilines is 1. The van der Waals surface area contributed by atoms with E-state index in [0.29, 0.717) is 12.1 Å². The van der Waals surface area contributed by atoms with Crippen molar-refractivity contribution >= 4 is 45.0 Å². The fraction of sp³-hybridized carbons (Fsp3) is 0.158. The molecule has 3 rings (SSSR count). The Labute approximate surface area is 200 Å². The van der Waals surface area contributed by atoms with E-state index in [2.05, 4.69) is 31.3 Å². The highest BCUT2D eigenvalue weighted by Crippen LogP contribution is 2.37. The van der Waals surface area contributed by atoms with Crippen LogP contribution in [0, 0.1) is 0 Å². The van der Waals surface area contributed by atoms with Gasteiger partial charge in [0.15, 0.2) is 5.82 Å². The van der Waals surface area contributed by atoms with Crippen LogP contribution in [0.4, 0.5) is 32.0 Å². The van der Waals surface area contributed by atoms with Crippen molar-refractivity contribution in [1.29, 1.82) is 0 Å². The molecule has 0 spiro atoms. The topological polar surface area (TPSA) is 88.9 Å². The van der Waals surface area contributed by atoms with Crippen LogP contribution >= 0.6 is 27.5 Å². The molecular weight excluding hydrogens is 560 g/mol. The first-order valence-corrected chi connectivity index (χ1v) is 10.2. The zero-order valence-electron chi connectivity index (χ0n) is 16.4. The van der Waals surface area contributed by atoms with Crippen LogP contribution in [0.25, 0.3) is 5.82 Å². The van der Waals surface area contributed by atoms with Crippen molar-refractivity contribution in [3.8, 4) is 5.82 Å². The third-order valence-corrected chi connectivity index (χ3v) is 4.82.